The molecule has 1 heterocycles. The number of likely N-dealkylation sites (N-methyl/N-ethyl adjacent to an activating group) is 1. The van der Waals surface area contributed by atoms with Gasteiger partial charge in [0.2, 0.25) is 11.8 Å². The summed E-state index contributed by atoms with van der Waals surface area (Å²) in [6.07, 6.45) is 0. The van der Waals surface area contributed by atoms with E-state index in [4.69, 9.17) is 0 Å². The maximum atomic E-state index is 13.3. The van der Waals surface area contributed by atoms with Crippen LogP contribution in [0.4, 0.5) is 10.1 Å². The van der Waals surface area contributed by atoms with Crippen LogP contribution in [0.3, 0.4) is 0 Å². The van der Waals surface area contributed by atoms with Crippen LogP contribution in [0, 0.1) is 26.6 Å². The third-order valence-corrected chi connectivity index (χ3v) is 6.04. The standard InChI is InChI=1S/C25H28FN3O2S/c1-16-12-17(2)24(18(3)13-16)27-22(30)14-29(4)15-23(31)28-25(21-6-5-11-32-21)19-7-9-20(26)10-8-19/h5-13,25H,14-15H2,1-4H3,(H,27,30)(H,28,31). The summed E-state index contributed by atoms with van der Waals surface area (Å²) in [4.78, 5) is 27.9. The maximum absolute atomic E-state index is 13.3. The minimum atomic E-state index is -0.372. The zero-order valence-electron chi connectivity index (χ0n) is 18.7. The molecule has 1 unspecified atom stereocenters. The van der Waals surface area contributed by atoms with Crippen molar-refractivity contribution in [3.05, 3.63) is 86.9 Å². The van der Waals surface area contributed by atoms with Crippen LogP contribution in [0.1, 0.15) is 33.2 Å². The van der Waals surface area contributed by atoms with Crippen LogP contribution in [0.2, 0.25) is 0 Å². The summed E-state index contributed by atoms with van der Waals surface area (Å²) in [6.45, 7) is 6.09. The number of thiophene rings is 1. The first-order valence-corrected chi connectivity index (χ1v) is 11.3. The van der Waals surface area contributed by atoms with Gasteiger partial charge in [-0.25, -0.2) is 4.39 Å². The first-order valence-electron chi connectivity index (χ1n) is 10.4. The van der Waals surface area contributed by atoms with Gasteiger partial charge in [-0.3, -0.25) is 14.5 Å². The number of amides is 2. The molecule has 2 N–H and O–H groups in total. The van der Waals surface area contributed by atoms with Gasteiger partial charge in [0, 0.05) is 10.6 Å². The summed E-state index contributed by atoms with van der Waals surface area (Å²) < 4.78 is 13.3. The first kappa shape index (κ1) is 23.6. The van der Waals surface area contributed by atoms with Crippen LogP contribution in [-0.4, -0.2) is 36.9 Å². The Kier molecular flexibility index (Phi) is 7.77. The van der Waals surface area contributed by atoms with Crippen molar-refractivity contribution in [1.29, 1.82) is 0 Å². The van der Waals surface area contributed by atoms with Gasteiger partial charge >= 0.3 is 0 Å². The molecule has 0 bridgehead atoms. The highest BCUT2D eigenvalue weighted by molar-refractivity contribution is 7.10. The molecule has 7 heteroatoms. The second-order valence-corrected chi connectivity index (χ2v) is 9.04. The number of carbonyl (C=O) groups is 2. The van der Waals surface area contributed by atoms with Crippen molar-refractivity contribution < 1.29 is 14.0 Å². The van der Waals surface area contributed by atoms with Crippen molar-refractivity contribution >= 4 is 28.8 Å². The van der Waals surface area contributed by atoms with E-state index in [2.05, 4.69) is 10.6 Å². The van der Waals surface area contributed by atoms with E-state index < -0.39 is 0 Å². The van der Waals surface area contributed by atoms with Gasteiger partial charge in [0.1, 0.15) is 5.82 Å². The molecule has 32 heavy (non-hydrogen) atoms. The first-order chi connectivity index (χ1) is 15.2. The predicted octanol–water partition coefficient (Wildman–Crippen LogP) is 4.59. The average Bonchev–Trinajstić information content (AvgIpc) is 3.24. The second-order valence-electron chi connectivity index (χ2n) is 8.06. The lowest BCUT2D eigenvalue weighted by atomic mass is 10.1. The van der Waals surface area contributed by atoms with Gasteiger partial charge in [-0.15, -0.1) is 11.3 Å². The Hall–Kier alpha value is -3.03. The van der Waals surface area contributed by atoms with Crippen LogP contribution in [-0.2, 0) is 9.59 Å². The van der Waals surface area contributed by atoms with Gasteiger partial charge in [0.15, 0.2) is 0 Å². The lowest BCUT2D eigenvalue weighted by Gasteiger charge is -2.21. The van der Waals surface area contributed by atoms with Gasteiger partial charge in [-0.05, 0) is 68.1 Å². The van der Waals surface area contributed by atoms with E-state index in [1.807, 2.05) is 50.4 Å². The minimum Gasteiger partial charge on any atom is -0.343 e. The van der Waals surface area contributed by atoms with Crippen molar-refractivity contribution in [3.63, 3.8) is 0 Å². The number of anilines is 1. The van der Waals surface area contributed by atoms with Gasteiger partial charge in [-0.2, -0.15) is 0 Å². The number of rotatable bonds is 8. The summed E-state index contributed by atoms with van der Waals surface area (Å²) in [6, 6.07) is 13.6. The zero-order valence-corrected chi connectivity index (χ0v) is 19.6. The molecule has 1 atom stereocenters. The number of hydrogen-bond acceptors (Lipinski definition) is 4. The highest BCUT2D eigenvalue weighted by atomic mass is 32.1. The summed E-state index contributed by atoms with van der Waals surface area (Å²) in [5.41, 5.74) is 4.78. The molecule has 168 valence electrons. The molecule has 3 rings (SSSR count). The molecule has 0 saturated carbocycles. The fourth-order valence-electron chi connectivity index (χ4n) is 3.74. The number of benzene rings is 2. The van der Waals surface area contributed by atoms with E-state index >= 15 is 0 Å². The molecule has 0 aliphatic carbocycles. The number of nitrogens with one attached hydrogen (secondary N) is 2. The van der Waals surface area contributed by atoms with E-state index in [-0.39, 0.29) is 36.8 Å². The second kappa shape index (κ2) is 10.5. The third-order valence-electron chi connectivity index (χ3n) is 5.10. The van der Waals surface area contributed by atoms with Gasteiger partial charge in [0.05, 0.1) is 19.1 Å². The molecule has 2 amide bonds. The number of halogens is 1. The van der Waals surface area contributed by atoms with E-state index in [0.717, 1.165) is 32.8 Å². The fraction of sp³-hybridized carbons (Fsp3) is 0.280. The van der Waals surface area contributed by atoms with Crippen LogP contribution in [0.5, 0.6) is 0 Å². The topological polar surface area (TPSA) is 61.4 Å². The molecule has 0 aliphatic rings. The number of aryl methyl sites for hydroxylation is 3. The van der Waals surface area contributed by atoms with E-state index in [1.54, 1.807) is 24.1 Å². The molecule has 0 saturated heterocycles. The average molecular weight is 454 g/mol. The molecule has 2 aromatic carbocycles. The van der Waals surface area contributed by atoms with Crippen molar-refractivity contribution in [3.8, 4) is 0 Å². The molecule has 0 aliphatic heterocycles. The van der Waals surface area contributed by atoms with Crippen molar-refractivity contribution in [2.45, 2.75) is 26.8 Å². The Labute approximate surface area is 192 Å². The Morgan fingerprint density at radius 1 is 1.00 bits per heavy atom. The normalized spacial score (nSPS) is 11.9. The summed E-state index contributed by atoms with van der Waals surface area (Å²) in [7, 11) is 1.73. The Morgan fingerprint density at radius 3 is 2.22 bits per heavy atom. The van der Waals surface area contributed by atoms with Gasteiger partial charge in [0.25, 0.3) is 0 Å². The van der Waals surface area contributed by atoms with Crippen LogP contribution >= 0.6 is 11.3 Å². The SMILES string of the molecule is Cc1cc(C)c(NC(=O)CN(C)CC(=O)NC(c2ccc(F)cc2)c2cccs2)c(C)c1. The van der Waals surface area contributed by atoms with Crippen LogP contribution < -0.4 is 10.6 Å². The minimum absolute atomic E-state index is 0.0579. The molecule has 3 aromatic rings. The molecular weight excluding hydrogens is 425 g/mol. The zero-order chi connectivity index (χ0) is 23.3. The van der Waals surface area contributed by atoms with Gasteiger partial charge in [-0.1, -0.05) is 35.9 Å². The largest absolute Gasteiger partial charge is 0.343 e. The molecule has 0 spiro atoms. The van der Waals surface area contributed by atoms with E-state index in [0.29, 0.717) is 0 Å². The molecular formula is C25H28FN3O2S. The molecule has 0 radical (unpaired) electrons. The summed E-state index contributed by atoms with van der Waals surface area (Å²) in [5.74, 6) is -0.718. The predicted molar refractivity (Wildman–Crippen MR) is 127 cm³/mol. The Morgan fingerprint density at radius 2 is 1.62 bits per heavy atom. The lowest BCUT2D eigenvalue weighted by Crippen LogP contribution is -2.40. The monoisotopic (exact) mass is 453 g/mol. The quantitative estimate of drug-likeness (QED) is 0.525. The highest BCUT2D eigenvalue weighted by Crippen LogP contribution is 2.26. The lowest BCUT2D eigenvalue weighted by molar-refractivity contribution is -0.123. The number of hydrogen-bond donors (Lipinski definition) is 2. The Balaban J connectivity index is 1.60. The van der Waals surface area contributed by atoms with E-state index in [1.165, 1.54) is 23.5 Å². The van der Waals surface area contributed by atoms with Crippen molar-refractivity contribution in [2.24, 2.45) is 0 Å². The molecule has 1 aromatic heterocycles. The van der Waals surface area contributed by atoms with Crippen LogP contribution in [0.15, 0.2) is 53.9 Å². The summed E-state index contributed by atoms with van der Waals surface area (Å²) >= 11 is 1.52. The fourth-order valence-corrected chi connectivity index (χ4v) is 4.54. The smallest absolute Gasteiger partial charge is 0.238 e. The summed E-state index contributed by atoms with van der Waals surface area (Å²) in [5, 5.41) is 7.90. The van der Waals surface area contributed by atoms with E-state index in [9.17, 15) is 14.0 Å². The molecule has 0 fully saturated rings. The highest BCUT2D eigenvalue weighted by Gasteiger charge is 2.20. The maximum Gasteiger partial charge on any atom is 0.238 e. The van der Waals surface area contributed by atoms with Gasteiger partial charge < -0.3 is 10.6 Å². The molecule has 5 nitrogen and oxygen atoms in total. The number of nitrogens with zero attached hydrogens (tertiary/aromatic N) is 1. The van der Waals surface area contributed by atoms with Crippen molar-refractivity contribution in [1.82, 2.24) is 10.2 Å². The third kappa shape index (κ3) is 6.24. The van der Waals surface area contributed by atoms with Crippen molar-refractivity contribution in [2.75, 3.05) is 25.5 Å². The number of carbonyl (C=O) groups excluding carboxylic acids is 2. The Bertz CT molecular complexity index is 1060. The van der Waals surface area contributed by atoms with Crippen LogP contribution in [0.25, 0.3) is 0 Å².